The molecule has 0 saturated carbocycles. The highest BCUT2D eigenvalue weighted by molar-refractivity contribution is 5.97. The van der Waals surface area contributed by atoms with Gasteiger partial charge in [0, 0.05) is 12.1 Å². The van der Waals surface area contributed by atoms with E-state index in [0.717, 1.165) is 0 Å². The van der Waals surface area contributed by atoms with Crippen LogP contribution >= 0.6 is 0 Å². The van der Waals surface area contributed by atoms with Gasteiger partial charge in [0.2, 0.25) is 0 Å². The first-order valence-corrected chi connectivity index (χ1v) is 3.83. The van der Waals surface area contributed by atoms with Crippen LogP contribution in [0, 0.1) is 21.4 Å². The van der Waals surface area contributed by atoms with Crippen LogP contribution in [0.15, 0.2) is 29.3 Å². The summed E-state index contributed by atoms with van der Waals surface area (Å²) in [5, 5.41) is 18.8. The monoisotopic (exact) mass is 189 g/mol. The van der Waals surface area contributed by atoms with Gasteiger partial charge in [-0.15, -0.1) is 0 Å². The highest BCUT2D eigenvalue weighted by Gasteiger charge is 2.02. The van der Waals surface area contributed by atoms with E-state index in [-0.39, 0.29) is 5.69 Å². The molecule has 0 radical (unpaired) electrons. The van der Waals surface area contributed by atoms with Crippen LogP contribution in [0.1, 0.15) is 6.92 Å². The zero-order valence-corrected chi connectivity index (χ0v) is 7.47. The lowest BCUT2D eigenvalue weighted by atomic mass is 10.3. The Bertz CT molecular complexity index is 415. The van der Waals surface area contributed by atoms with Gasteiger partial charge in [-0.3, -0.25) is 10.1 Å². The Balaban J connectivity index is 2.96. The minimum Gasteiger partial charge on any atom is -0.258 e. The highest BCUT2D eigenvalue weighted by Crippen LogP contribution is 2.17. The number of nitro groups is 1. The average molecular weight is 189 g/mol. The first-order valence-electron chi connectivity index (χ1n) is 3.83. The topological polar surface area (TPSA) is 79.3 Å². The molecule has 1 aromatic carbocycles. The third-order valence-corrected chi connectivity index (χ3v) is 1.52. The maximum absolute atomic E-state index is 10.3. The first-order chi connectivity index (χ1) is 6.63. The van der Waals surface area contributed by atoms with Crippen molar-refractivity contribution in [2.45, 2.75) is 6.92 Å². The van der Waals surface area contributed by atoms with E-state index in [1.54, 1.807) is 6.92 Å². The maximum Gasteiger partial charge on any atom is 0.269 e. The van der Waals surface area contributed by atoms with Crippen LogP contribution < -0.4 is 0 Å². The number of non-ortho nitro benzene ring substituents is 1. The van der Waals surface area contributed by atoms with Gasteiger partial charge < -0.3 is 0 Å². The van der Waals surface area contributed by atoms with Crippen LogP contribution in [-0.2, 0) is 0 Å². The van der Waals surface area contributed by atoms with E-state index >= 15 is 0 Å². The highest BCUT2D eigenvalue weighted by atomic mass is 16.6. The lowest BCUT2D eigenvalue weighted by molar-refractivity contribution is -0.384. The van der Waals surface area contributed by atoms with Crippen molar-refractivity contribution in [3.05, 3.63) is 34.4 Å². The summed E-state index contributed by atoms with van der Waals surface area (Å²) in [6, 6.07) is 7.57. The van der Waals surface area contributed by atoms with Gasteiger partial charge in [0.05, 0.1) is 10.6 Å². The van der Waals surface area contributed by atoms with Gasteiger partial charge in [0.15, 0.2) is 0 Å². The SMILES string of the molecule is CC(C#N)=Nc1ccc([N+](=O)[O-])cc1. The fourth-order valence-corrected chi connectivity index (χ4v) is 0.868. The Morgan fingerprint density at radius 2 is 2.07 bits per heavy atom. The molecule has 0 saturated heterocycles. The van der Waals surface area contributed by atoms with Crippen molar-refractivity contribution < 1.29 is 4.92 Å². The zero-order chi connectivity index (χ0) is 10.6. The standard InChI is InChI=1S/C9H7N3O2/c1-7(6-10)11-8-2-4-9(5-3-8)12(13)14/h2-5H,1H3. The van der Waals surface area contributed by atoms with Gasteiger partial charge in [0.25, 0.3) is 5.69 Å². The quantitative estimate of drug-likeness (QED) is 0.406. The summed E-state index contributed by atoms with van der Waals surface area (Å²) < 4.78 is 0. The fraction of sp³-hybridized carbons (Fsp3) is 0.111. The number of nitrogens with zero attached hydrogens (tertiary/aromatic N) is 3. The molecule has 0 fully saturated rings. The number of nitro benzene ring substituents is 1. The second-order valence-corrected chi connectivity index (χ2v) is 2.58. The molecule has 0 aliphatic carbocycles. The van der Waals surface area contributed by atoms with E-state index in [9.17, 15) is 10.1 Å². The Kier molecular flexibility index (Phi) is 2.92. The summed E-state index contributed by atoms with van der Waals surface area (Å²) in [7, 11) is 0. The number of aliphatic imine (C=N–C) groups is 1. The van der Waals surface area contributed by atoms with E-state index in [2.05, 4.69) is 4.99 Å². The third kappa shape index (κ3) is 2.38. The smallest absolute Gasteiger partial charge is 0.258 e. The van der Waals surface area contributed by atoms with E-state index in [1.165, 1.54) is 24.3 Å². The Morgan fingerprint density at radius 1 is 1.50 bits per heavy atom. The lowest BCUT2D eigenvalue weighted by Crippen LogP contribution is -1.86. The van der Waals surface area contributed by atoms with Crippen molar-refractivity contribution in [3.8, 4) is 6.07 Å². The molecule has 0 amide bonds. The Hall–Kier alpha value is -2.22. The largest absolute Gasteiger partial charge is 0.269 e. The van der Waals surface area contributed by atoms with Crippen LogP contribution in [0.3, 0.4) is 0 Å². The minimum absolute atomic E-state index is 0.0126. The van der Waals surface area contributed by atoms with Gasteiger partial charge in [-0.25, -0.2) is 4.99 Å². The molecule has 0 N–H and O–H groups in total. The third-order valence-electron chi connectivity index (χ3n) is 1.52. The Morgan fingerprint density at radius 3 is 2.50 bits per heavy atom. The molecule has 0 unspecified atom stereocenters. The van der Waals surface area contributed by atoms with Crippen molar-refractivity contribution in [1.82, 2.24) is 0 Å². The molecule has 1 rings (SSSR count). The molecule has 70 valence electrons. The number of hydrogen-bond donors (Lipinski definition) is 0. The van der Waals surface area contributed by atoms with Crippen LogP contribution in [-0.4, -0.2) is 10.6 Å². The van der Waals surface area contributed by atoms with Crippen molar-refractivity contribution in [2.75, 3.05) is 0 Å². The molecular weight excluding hydrogens is 182 g/mol. The molecule has 0 aromatic heterocycles. The summed E-state index contributed by atoms with van der Waals surface area (Å²) in [6.07, 6.45) is 0. The van der Waals surface area contributed by atoms with Crippen LogP contribution in [0.2, 0.25) is 0 Å². The summed E-state index contributed by atoms with van der Waals surface area (Å²) in [6.45, 7) is 1.57. The molecule has 0 aliphatic rings. The van der Waals surface area contributed by atoms with E-state index < -0.39 is 4.92 Å². The molecule has 0 spiro atoms. The minimum atomic E-state index is -0.482. The second-order valence-electron chi connectivity index (χ2n) is 2.58. The normalized spacial score (nSPS) is 10.7. The van der Waals surface area contributed by atoms with Crippen LogP contribution in [0.4, 0.5) is 11.4 Å². The molecule has 0 heterocycles. The molecule has 5 nitrogen and oxygen atoms in total. The van der Waals surface area contributed by atoms with Gasteiger partial charge in [-0.1, -0.05) is 0 Å². The molecule has 0 atom stereocenters. The van der Waals surface area contributed by atoms with Gasteiger partial charge >= 0.3 is 0 Å². The van der Waals surface area contributed by atoms with E-state index in [1.807, 2.05) is 6.07 Å². The van der Waals surface area contributed by atoms with Crippen LogP contribution in [0.5, 0.6) is 0 Å². The van der Waals surface area contributed by atoms with Gasteiger partial charge in [-0.05, 0) is 19.1 Å². The summed E-state index contributed by atoms with van der Waals surface area (Å²) in [4.78, 5) is 13.7. The molecule has 5 heteroatoms. The van der Waals surface area contributed by atoms with Crippen molar-refractivity contribution in [2.24, 2.45) is 4.99 Å². The summed E-state index contributed by atoms with van der Waals surface area (Å²) in [5.74, 6) is 0. The molecular formula is C9H7N3O2. The van der Waals surface area contributed by atoms with Crippen LogP contribution in [0.25, 0.3) is 0 Å². The number of benzene rings is 1. The molecule has 14 heavy (non-hydrogen) atoms. The maximum atomic E-state index is 10.3. The van der Waals surface area contributed by atoms with Crippen molar-refractivity contribution in [1.29, 1.82) is 5.26 Å². The lowest BCUT2D eigenvalue weighted by Gasteiger charge is -1.93. The molecule has 1 aromatic rings. The predicted octanol–water partition coefficient (Wildman–Crippen LogP) is 2.21. The fourth-order valence-electron chi connectivity index (χ4n) is 0.868. The average Bonchev–Trinajstić information content (AvgIpc) is 2.18. The van der Waals surface area contributed by atoms with Gasteiger partial charge in [0.1, 0.15) is 11.8 Å². The zero-order valence-electron chi connectivity index (χ0n) is 7.47. The van der Waals surface area contributed by atoms with Crippen molar-refractivity contribution >= 4 is 17.1 Å². The summed E-state index contributed by atoms with van der Waals surface area (Å²) in [5.41, 5.74) is 0.868. The number of nitriles is 1. The summed E-state index contributed by atoms with van der Waals surface area (Å²) >= 11 is 0. The first kappa shape index (κ1) is 9.86. The molecule has 0 aliphatic heterocycles. The second kappa shape index (κ2) is 4.14. The Labute approximate surface area is 80.5 Å². The van der Waals surface area contributed by atoms with E-state index in [4.69, 9.17) is 5.26 Å². The number of hydrogen-bond acceptors (Lipinski definition) is 4. The number of rotatable bonds is 2. The molecule has 0 bridgehead atoms. The predicted molar refractivity (Wildman–Crippen MR) is 51.5 cm³/mol. The van der Waals surface area contributed by atoms with E-state index in [0.29, 0.717) is 11.4 Å². The van der Waals surface area contributed by atoms with Crippen molar-refractivity contribution in [3.63, 3.8) is 0 Å². The van der Waals surface area contributed by atoms with Gasteiger partial charge in [-0.2, -0.15) is 5.26 Å².